The van der Waals surface area contributed by atoms with Crippen molar-refractivity contribution < 1.29 is 19.0 Å². The molecular formula is C25H25N3O4. The first-order chi connectivity index (χ1) is 15.6. The Kier molecular flexibility index (Phi) is 6.26. The summed E-state index contributed by atoms with van der Waals surface area (Å²) in [6.45, 7) is 0. The number of nitrogens with zero attached hydrogens (tertiary/aromatic N) is 1. The molecule has 0 aliphatic rings. The van der Waals surface area contributed by atoms with Gasteiger partial charge in [-0.05, 0) is 29.3 Å². The SMILES string of the molecule is COc1ccc(CC(=O)NC(c2ccccc2)c2ccc3nc[nH]c3c2)c(OC)c1OC. The molecule has 1 amide bonds. The lowest BCUT2D eigenvalue weighted by molar-refractivity contribution is -0.121. The quantitative estimate of drug-likeness (QED) is 0.440. The van der Waals surface area contributed by atoms with Crippen molar-refractivity contribution in [3.8, 4) is 17.2 Å². The maximum Gasteiger partial charge on any atom is 0.225 e. The number of aromatic amines is 1. The first kappa shape index (κ1) is 21.2. The van der Waals surface area contributed by atoms with Gasteiger partial charge in [0.1, 0.15) is 0 Å². The van der Waals surface area contributed by atoms with Gasteiger partial charge in [-0.1, -0.05) is 42.5 Å². The zero-order valence-corrected chi connectivity index (χ0v) is 18.2. The second kappa shape index (κ2) is 9.43. The van der Waals surface area contributed by atoms with Gasteiger partial charge in [-0.2, -0.15) is 0 Å². The standard InChI is InChI=1S/C25H25N3O4/c1-30-21-12-10-18(24(31-2)25(21)32-3)14-22(29)28-23(16-7-5-4-6-8-16)17-9-11-19-20(13-17)27-15-26-19/h4-13,15,23H,14H2,1-3H3,(H,26,27)(H,28,29). The van der Waals surface area contributed by atoms with E-state index >= 15 is 0 Å². The van der Waals surface area contributed by atoms with Crippen molar-refractivity contribution in [1.29, 1.82) is 0 Å². The monoisotopic (exact) mass is 431 g/mol. The Hall–Kier alpha value is -4.00. The topological polar surface area (TPSA) is 85.5 Å². The lowest BCUT2D eigenvalue weighted by atomic mass is 9.97. The Labute approximate surface area is 186 Å². The van der Waals surface area contributed by atoms with Gasteiger partial charge in [0.05, 0.1) is 51.2 Å². The Balaban J connectivity index is 1.64. The third kappa shape index (κ3) is 4.23. The fraction of sp³-hybridized carbons (Fsp3) is 0.200. The van der Waals surface area contributed by atoms with Gasteiger partial charge >= 0.3 is 0 Å². The summed E-state index contributed by atoms with van der Waals surface area (Å²) in [6, 6.07) is 19.1. The smallest absolute Gasteiger partial charge is 0.225 e. The number of benzene rings is 3. The summed E-state index contributed by atoms with van der Waals surface area (Å²) >= 11 is 0. The van der Waals surface area contributed by atoms with E-state index in [9.17, 15) is 4.79 Å². The number of carbonyl (C=O) groups is 1. The largest absolute Gasteiger partial charge is 0.493 e. The number of hydrogen-bond donors (Lipinski definition) is 2. The van der Waals surface area contributed by atoms with Crippen molar-refractivity contribution in [3.63, 3.8) is 0 Å². The van der Waals surface area contributed by atoms with Crippen LogP contribution < -0.4 is 19.5 Å². The third-order valence-corrected chi connectivity index (χ3v) is 5.35. The molecule has 1 heterocycles. The molecule has 1 aromatic heterocycles. The maximum atomic E-state index is 13.1. The van der Waals surface area contributed by atoms with Crippen LogP contribution in [0.15, 0.2) is 67.0 Å². The summed E-state index contributed by atoms with van der Waals surface area (Å²) in [4.78, 5) is 20.6. The number of carbonyl (C=O) groups excluding carboxylic acids is 1. The molecular weight excluding hydrogens is 406 g/mol. The summed E-state index contributed by atoms with van der Waals surface area (Å²) < 4.78 is 16.3. The van der Waals surface area contributed by atoms with Crippen LogP contribution in [0.25, 0.3) is 11.0 Å². The molecule has 0 saturated heterocycles. The van der Waals surface area contributed by atoms with Crippen molar-refractivity contribution in [3.05, 3.63) is 83.7 Å². The van der Waals surface area contributed by atoms with E-state index in [1.807, 2.05) is 54.6 Å². The number of methoxy groups -OCH3 is 3. The predicted octanol–water partition coefficient (Wildman–Crippen LogP) is 4.04. The van der Waals surface area contributed by atoms with E-state index in [1.165, 1.54) is 0 Å². The number of amides is 1. The molecule has 0 saturated carbocycles. The number of hydrogen-bond acceptors (Lipinski definition) is 5. The minimum Gasteiger partial charge on any atom is -0.493 e. The van der Waals surface area contributed by atoms with Crippen LogP contribution >= 0.6 is 0 Å². The molecule has 0 bridgehead atoms. The van der Waals surface area contributed by atoms with E-state index in [0.29, 0.717) is 22.8 Å². The van der Waals surface area contributed by atoms with Gasteiger partial charge in [0.2, 0.25) is 11.7 Å². The molecule has 0 aliphatic heterocycles. The average Bonchev–Trinajstić information content (AvgIpc) is 3.30. The van der Waals surface area contributed by atoms with Crippen LogP contribution in [-0.2, 0) is 11.2 Å². The summed E-state index contributed by atoms with van der Waals surface area (Å²) in [5.41, 5.74) is 4.44. The van der Waals surface area contributed by atoms with Gasteiger partial charge in [-0.15, -0.1) is 0 Å². The summed E-state index contributed by atoms with van der Waals surface area (Å²) in [5.74, 6) is 1.35. The second-order valence-electron chi connectivity index (χ2n) is 7.26. The van der Waals surface area contributed by atoms with Gasteiger partial charge in [0, 0.05) is 5.56 Å². The fourth-order valence-corrected chi connectivity index (χ4v) is 3.82. The molecule has 164 valence electrons. The van der Waals surface area contributed by atoms with Gasteiger partial charge in [-0.25, -0.2) is 4.98 Å². The number of ether oxygens (including phenoxy) is 3. The van der Waals surface area contributed by atoms with Gasteiger partial charge in [-0.3, -0.25) is 4.79 Å². The van der Waals surface area contributed by atoms with Gasteiger partial charge in [0.15, 0.2) is 11.5 Å². The molecule has 7 nitrogen and oxygen atoms in total. The van der Waals surface area contributed by atoms with Gasteiger partial charge in [0.25, 0.3) is 0 Å². The third-order valence-electron chi connectivity index (χ3n) is 5.35. The highest BCUT2D eigenvalue weighted by Crippen LogP contribution is 2.40. The Bertz CT molecular complexity index is 1220. The average molecular weight is 431 g/mol. The van der Waals surface area contributed by atoms with Crippen molar-refractivity contribution in [2.24, 2.45) is 0 Å². The fourth-order valence-electron chi connectivity index (χ4n) is 3.82. The lowest BCUT2D eigenvalue weighted by Gasteiger charge is -2.21. The van der Waals surface area contributed by atoms with Crippen molar-refractivity contribution in [1.82, 2.24) is 15.3 Å². The first-order valence-electron chi connectivity index (χ1n) is 10.2. The minimum absolute atomic E-state index is 0.124. The highest BCUT2D eigenvalue weighted by molar-refractivity contribution is 5.81. The van der Waals surface area contributed by atoms with E-state index in [2.05, 4.69) is 15.3 Å². The molecule has 0 fully saturated rings. The predicted molar refractivity (Wildman–Crippen MR) is 122 cm³/mol. The highest BCUT2D eigenvalue weighted by atomic mass is 16.5. The van der Waals surface area contributed by atoms with Crippen LogP contribution in [0.5, 0.6) is 17.2 Å². The Morgan fingerprint density at radius 1 is 0.938 bits per heavy atom. The van der Waals surface area contributed by atoms with Crippen molar-refractivity contribution in [2.45, 2.75) is 12.5 Å². The summed E-state index contributed by atoms with van der Waals surface area (Å²) in [7, 11) is 4.65. The van der Waals surface area contributed by atoms with E-state index in [4.69, 9.17) is 14.2 Å². The molecule has 0 aliphatic carbocycles. The van der Waals surface area contributed by atoms with Crippen LogP contribution in [0.2, 0.25) is 0 Å². The second-order valence-corrected chi connectivity index (χ2v) is 7.26. The van der Waals surface area contributed by atoms with Gasteiger partial charge < -0.3 is 24.5 Å². The van der Waals surface area contributed by atoms with E-state index in [1.54, 1.807) is 33.7 Å². The molecule has 1 atom stereocenters. The maximum absolute atomic E-state index is 13.1. The molecule has 7 heteroatoms. The molecule has 1 unspecified atom stereocenters. The molecule has 32 heavy (non-hydrogen) atoms. The molecule has 0 radical (unpaired) electrons. The van der Waals surface area contributed by atoms with Crippen LogP contribution in [0.4, 0.5) is 0 Å². The first-order valence-corrected chi connectivity index (χ1v) is 10.2. The molecule has 0 spiro atoms. The van der Waals surface area contributed by atoms with Crippen LogP contribution in [0.3, 0.4) is 0 Å². The van der Waals surface area contributed by atoms with Crippen LogP contribution in [0, 0.1) is 0 Å². The molecule has 2 N–H and O–H groups in total. The number of H-pyrrole nitrogens is 1. The zero-order valence-electron chi connectivity index (χ0n) is 18.2. The Morgan fingerprint density at radius 2 is 1.72 bits per heavy atom. The normalized spacial score (nSPS) is 11.7. The summed E-state index contributed by atoms with van der Waals surface area (Å²) in [5, 5.41) is 3.17. The number of aromatic nitrogens is 2. The lowest BCUT2D eigenvalue weighted by Crippen LogP contribution is -2.30. The minimum atomic E-state index is -0.317. The van der Waals surface area contributed by atoms with Crippen LogP contribution in [-0.4, -0.2) is 37.2 Å². The number of fused-ring (bicyclic) bond motifs is 1. The molecule has 4 rings (SSSR count). The summed E-state index contributed by atoms with van der Waals surface area (Å²) in [6.07, 6.45) is 1.78. The van der Waals surface area contributed by atoms with Crippen molar-refractivity contribution >= 4 is 16.9 Å². The zero-order chi connectivity index (χ0) is 22.5. The number of nitrogens with one attached hydrogen (secondary N) is 2. The highest BCUT2D eigenvalue weighted by Gasteiger charge is 2.21. The van der Waals surface area contributed by atoms with E-state index < -0.39 is 0 Å². The Morgan fingerprint density at radius 3 is 2.44 bits per heavy atom. The van der Waals surface area contributed by atoms with E-state index in [-0.39, 0.29) is 18.4 Å². The number of rotatable bonds is 8. The molecule has 4 aromatic rings. The van der Waals surface area contributed by atoms with Crippen LogP contribution in [0.1, 0.15) is 22.7 Å². The number of imidazole rings is 1. The van der Waals surface area contributed by atoms with Crippen molar-refractivity contribution in [2.75, 3.05) is 21.3 Å². The molecule has 3 aromatic carbocycles. The van der Waals surface area contributed by atoms with E-state index in [0.717, 1.165) is 22.2 Å².